The van der Waals surface area contributed by atoms with Gasteiger partial charge in [-0.05, 0) is 49.8 Å². The number of hydrogen-bond acceptors (Lipinski definition) is 3. The summed E-state index contributed by atoms with van der Waals surface area (Å²) in [6.45, 7) is 2.00. The van der Waals surface area contributed by atoms with Crippen molar-refractivity contribution in [1.29, 1.82) is 5.26 Å². The average Bonchev–Trinajstić information content (AvgIpc) is 2.39. The quantitative estimate of drug-likeness (QED) is 0.893. The fourth-order valence-corrected chi connectivity index (χ4v) is 3.57. The lowest BCUT2D eigenvalue weighted by Crippen LogP contribution is -2.34. The van der Waals surface area contributed by atoms with Gasteiger partial charge < -0.3 is 5.32 Å². The Balaban J connectivity index is 2.08. The number of nitrogens with one attached hydrogen (secondary N) is 1. The van der Waals surface area contributed by atoms with Gasteiger partial charge in [0.05, 0.1) is 11.6 Å². The average molecular weight is 260 g/mol. The molecule has 1 fully saturated rings. The van der Waals surface area contributed by atoms with Crippen LogP contribution in [0.3, 0.4) is 0 Å². The molecule has 0 saturated heterocycles. The summed E-state index contributed by atoms with van der Waals surface area (Å²) >= 11 is 1.97. The van der Waals surface area contributed by atoms with Crippen LogP contribution >= 0.6 is 11.8 Å². The van der Waals surface area contributed by atoms with Gasteiger partial charge in [0.2, 0.25) is 0 Å². The van der Waals surface area contributed by atoms with Crippen molar-refractivity contribution in [3.05, 3.63) is 29.3 Å². The molecule has 1 aliphatic rings. The van der Waals surface area contributed by atoms with E-state index in [1.54, 1.807) is 0 Å². The summed E-state index contributed by atoms with van der Waals surface area (Å²) in [7, 11) is 0. The summed E-state index contributed by atoms with van der Waals surface area (Å²) < 4.78 is 0. The minimum Gasteiger partial charge on any atom is -0.381 e. The Labute approximate surface area is 114 Å². The first-order chi connectivity index (χ1) is 8.74. The van der Waals surface area contributed by atoms with Crippen LogP contribution in [0, 0.1) is 18.3 Å². The lowest BCUT2D eigenvalue weighted by atomic mass is 9.94. The molecule has 2 rings (SSSR count). The highest BCUT2D eigenvalue weighted by molar-refractivity contribution is 7.99. The van der Waals surface area contributed by atoms with Crippen molar-refractivity contribution in [1.82, 2.24) is 0 Å². The molecule has 0 aliphatic heterocycles. The van der Waals surface area contributed by atoms with E-state index in [0.717, 1.165) is 22.1 Å². The monoisotopic (exact) mass is 260 g/mol. The molecule has 3 heteroatoms. The van der Waals surface area contributed by atoms with Gasteiger partial charge in [-0.25, -0.2) is 0 Å². The SMILES string of the molecule is CSC1CCCCC1Nc1ccc(C#N)c(C)c1. The maximum Gasteiger partial charge on any atom is 0.0994 e. The van der Waals surface area contributed by atoms with Gasteiger partial charge in [0.1, 0.15) is 0 Å². The van der Waals surface area contributed by atoms with Gasteiger partial charge in [-0.1, -0.05) is 12.8 Å². The Hall–Kier alpha value is -1.14. The highest BCUT2D eigenvalue weighted by Gasteiger charge is 2.24. The minimum atomic E-state index is 0.570. The van der Waals surface area contributed by atoms with Gasteiger partial charge in [0, 0.05) is 17.0 Å². The molecule has 0 heterocycles. The Morgan fingerprint density at radius 2 is 2.11 bits per heavy atom. The van der Waals surface area contributed by atoms with Gasteiger partial charge in [-0.15, -0.1) is 0 Å². The molecular formula is C15H20N2S. The van der Waals surface area contributed by atoms with Gasteiger partial charge in [0.25, 0.3) is 0 Å². The van der Waals surface area contributed by atoms with Gasteiger partial charge in [-0.2, -0.15) is 17.0 Å². The zero-order valence-corrected chi connectivity index (χ0v) is 11.9. The molecule has 96 valence electrons. The van der Waals surface area contributed by atoms with Crippen molar-refractivity contribution < 1.29 is 0 Å². The van der Waals surface area contributed by atoms with Crippen molar-refractivity contribution in [2.24, 2.45) is 0 Å². The highest BCUT2D eigenvalue weighted by atomic mass is 32.2. The first-order valence-electron chi connectivity index (χ1n) is 6.54. The van der Waals surface area contributed by atoms with E-state index in [-0.39, 0.29) is 0 Å². The smallest absolute Gasteiger partial charge is 0.0994 e. The third-order valence-corrected chi connectivity index (χ3v) is 4.87. The lowest BCUT2D eigenvalue weighted by molar-refractivity contribution is 0.475. The number of nitrogens with zero attached hydrogens (tertiary/aromatic N) is 1. The van der Waals surface area contributed by atoms with E-state index < -0.39 is 0 Å². The summed E-state index contributed by atoms with van der Waals surface area (Å²) in [5.74, 6) is 0. The maximum absolute atomic E-state index is 8.94. The Kier molecular flexibility index (Phi) is 4.54. The van der Waals surface area contributed by atoms with Gasteiger partial charge in [0.15, 0.2) is 0 Å². The topological polar surface area (TPSA) is 35.8 Å². The molecule has 2 nitrogen and oxygen atoms in total. The molecule has 1 saturated carbocycles. The highest BCUT2D eigenvalue weighted by Crippen LogP contribution is 2.29. The number of hydrogen-bond donors (Lipinski definition) is 1. The first kappa shape index (κ1) is 13.3. The molecule has 18 heavy (non-hydrogen) atoms. The number of rotatable bonds is 3. The molecule has 1 aromatic carbocycles. The molecule has 0 bridgehead atoms. The molecule has 1 N–H and O–H groups in total. The van der Waals surface area contributed by atoms with Crippen LogP contribution in [0.4, 0.5) is 5.69 Å². The van der Waals surface area contributed by atoms with Crippen molar-refractivity contribution in [2.75, 3.05) is 11.6 Å². The Morgan fingerprint density at radius 1 is 1.33 bits per heavy atom. The normalized spacial score (nSPS) is 23.4. The number of nitriles is 1. The molecule has 2 unspecified atom stereocenters. The van der Waals surface area contributed by atoms with E-state index >= 15 is 0 Å². The van der Waals surface area contributed by atoms with Crippen molar-refractivity contribution in [2.45, 2.75) is 43.9 Å². The number of anilines is 1. The summed E-state index contributed by atoms with van der Waals surface area (Å²) in [6, 6.07) is 8.81. The lowest BCUT2D eigenvalue weighted by Gasteiger charge is -2.31. The van der Waals surface area contributed by atoms with Gasteiger partial charge >= 0.3 is 0 Å². The van der Waals surface area contributed by atoms with Crippen LogP contribution in [0.15, 0.2) is 18.2 Å². The second kappa shape index (κ2) is 6.15. The zero-order valence-electron chi connectivity index (χ0n) is 11.1. The summed E-state index contributed by atoms with van der Waals surface area (Å²) in [5.41, 5.74) is 2.97. The van der Waals surface area contributed by atoms with E-state index in [9.17, 15) is 0 Å². The van der Waals surface area contributed by atoms with Crippen LogP contribution in [0.2, 0.25) is 0 Å². The van der Waals surface area contributed by atoms with E-state index in [1.807, 2.05) is 30.8 Å². The van der Waals surface area contributed by atoms with E-state index in [0.29, 0.717) is 6.04 Å². The predicted molar refractivity (Wildman–Crippen MR) is 79.1 cm³/mol. The predicted octanol–water partition coefficient (Wildman–Crippen LogP) is 3.95. The summed E-state index contributed by atoms with van der Waals surface area (Å²) in [5, 5.41) is 13.3. The Bertz CT molecular complexity index is 450. The van der Waals surface area contributed by atoms with Crippen LogP contribution in [-0.4, -0.2) is 17.5 Å². The van der Waals surface area contributed by atoms with E-state index in [2.05, 4.69) is 23.7 Å². The van der Waals surface area contributed by atoms with Crippen LogP contribution < -0.4 is 5.32 Å². The van der Waals surface area contributed by atoms with Crippen LogP contribution in [0.5, 0.6) is 0 Å². The van der Waals surface area contributed by atoms with Crippen molar-refractivity contribution in [3.8, 4) is 6.07 Å². The van der Waals surface area contributed by atoms with Crippen LogP contribution in [0.1, 0.15) is 36.8 Å². The maximum atomic E-state index is 8.94. The number of thioether (sulfide) groups is 1. The van der Waals surface area contributed by atoms with Crippen LogP contribution in [0.25, 0.3) is 0 Å². The van der Waals surface area contributed by atoms with Crippen molar-refractivity contribution in [3.63, 3.8) is 0 Å². The number of aryl methyl sites for hydroxylation is 1. The fourth-order valence-electron chi connectivity index (χ4n) is 2.64. The zero-order chi connectivity index (χ0) is 13.0. The fraction of sp³-hybridized carbons (Fsp3) is 0.533. The second-order valence-electron chi connectivity index (χ2n) is 4.95. The molecule has 1 aliphatic carbocycles. The first-order valence-corrected chi connectivity index (χ1v) is 7.83. The van der Waals surface area contributed by atoms with E-state index in [4.69, 9.17) is 5.26 Å². The molecule has 0 radical (unpaired) electrons. The second-order valence-corrected chi connectivity index (χ2v) is 6.03. The summed E-state index contributed by atoms with van der Waals surface area (Å²) in [4.78, 5) is 0. The summed E-state index contributed by atoms with van der Waals surface area (Å²) in [6.07, 6.45) is 7.45. The minimum absolute atomic E-state index is 0.570. The number of benzene rings is 1. The molecule has 1 aromatic rings. The molecular weight excluding hydrogens is 240 g/mol. The molecule has 2 atom stereocenters. The largest absolute Gasteiger partial charge is 0.381 e. The van der Waals surface area contributed by atoms with E-state index in [1.165, 1.54) is 25.7 Å². The Morgan fingerprint density at radius 3 is 2.78 bits per heavy atom. The molecule has 0 spiro atoms. The third kappa shape index (κ3) is 3.00. The van der Waals surface area contributed by atoms with Crippen LogP contribution in [-0.2, 0) is 0 Å². The van der Waals surface area contributed by atoms with Gasteiger partial charge in [-0.3, -0.25) is 0 Å². The molecule has 0 aromatic heterocycles. The van der Waals surface area contributed by atoms with Crippen molar-refractivity contribution >= 4 is 17.4 Å². The third-order valence-electron chi connectivity index (χ3n) is 3.70. The standard InChI is InChI=1S/C15H20N2S/c1-11-9-13(8-7-12(11)10-16)17-14-5-3-4-6-15(14)18-2/h7-9,14-15,17H,3-6H2,1-2H3. The molecule has 0 amide bonds.